The SMILES string of the molecule is CC(C)C[C@H]1N=C(CC2=N[C@H](CC(C)C)C3(CCCCCC3)O2)OC12CCCCCC2.[Br-].[Br-].[Ni+2]. The largest absolute Gasteiger partial charge is 2.00 e. The van der Waals surface area contributed by atoms with Crippen LogP contribution in [-0.2, 0) is 26.0 Å². The van der Waals surface area contributed by atoms with Crippen LogP contribution in [0.5, 0.6) is 0 Å². The van der Waals surface area contributed by atoms with Crippen molar-refractivity contribution in [2.75, 3.05) is 0 Å². The van der Waals surface area contributed by atoms with Crippen LogP contribution < -0.4 is 34.0 Å². The molecule has 7 heteroatoms. The number of aliphatic imine (C=N–C) groups is 2. The monoisotopic (exact) mass is 646 g/mol. The molecule has 4 aliphatic rings. The third-order valence-electron chi connectivity index (χ3n) is 8.05. The van der Waals surface area contributed by atoms with Crippen molar-refractivity contribution < 1.29 is 59.9 Å². The van der Waals surface area contributed by atoms with Gasteiger partial charge >= 0.3 is 16.5 Å². The molecule has 2 heterocycles. The first kappa shape index (κ1) is 32.4. The number of rotatable bonds is 6. The van der Waals surface area contributed by atoms with E-state index in [0.717, 1.165) is 50.3 Å². The van der Waals surface area contributed by atoms with E-state index in [0.29, 0.717) is 30.3 Å². The fourth-order valence-corrected chi connectivity index (χ4v) is 6.49. The van der Waals surface area contributed by atoms with Crippen LogP contribution in [0, 0.1) is 11.8 Å². The van der Waals surface area contributed by atoms with E-state index in [1.165, 1.54) is 51.4 Å². The van der Waals surface area contributed by atoms with Gasteiger partial charge in [0.2, 0.25) is 0 Å². The van der Waals surface area contributed by atoms with Gasteiger partial charge in [0.05, 0.1) is 18.5 Å². The van der Waals surface area contributed by atoms with E-state index >= 15 is 0 Å². The predicted molar refractivity (Wildman–Crippen MR) is 129 cm³/mol. The summed E-state index contributed by atoms with van der Waals surface area (Å²) in [6.07, 6.45) is 18.0. The fraction of sp³-hybridized carbons (Fsp3) is 0.926. The molecule has 0 N–H and O–H groups in total. The molecule has 0 unspecified atom stereocenters. The van der Waals surface area contributed by atoms with Gasteiger partial charge in [-0.15, -0.1) is 0 Å². The normalized spacial score (nSPS) is 27.5. The second-order valence-electron chi connectivity index (χ2n) is 11.7. The zero-order chi connectivity index (χ0) is 21.9. The maximum atomic E-state index is 6.75. The first-order valence-corrected chi connectivity index (χ1v) is 13.4. The van der Waals surface area contributed by atoms with Crippen molar-refractivity contribution in [1.29, 1.82) is 0 Å². The Balaban J connectivity index is 0.00000193. The van der Waals surface area contributed by atoms with Gasteiger partial charge < -0.3 is 43.4 Å². The third-order valence-corrected chi connectivity index (χ3v) is 8.05. The topological polar surface area (TPSA) is 43.2 Å². The molecule has 2 saturated carbocycles. The Morgan fingerprint density at radius 3 is 1.26 bits per heavy atom. The number of ether oxygens (including phenoxy) is 2. The molecule has 200 valence electrons. The summed E-state index contributed by atoms with van der Waals surface area (Å²) >= 11 is 0. The Hall–Kier alpha value is 0.394. The van der Waals surface area contributed by atoms with E-state index in [4.69, 9.17) is 19.5 Å². The summed E-state index contributed by atoms with van der Waals surface area (Å²) in [5.74, 6) is 3.09. The van der Waals surface area contributed by atoms with Gasteiger partial charge in [0.1, 0.15) is 11.2 Å². The van der Waals surface area contributed by atoms with E-state index in [-0.39, 0.29) is 61.7 Å². The Bertz CT molecular complexity index is 612. The van der Waals surface area contributed by atoms with Gasteiger partial charge in [-0.25, -0.2) is 9.98 Å². The quantitative estimate of drug-likeness (QED) is 0.408. The number of halogens is 2. The summed E-state index contributed by atoms with van der Waals surface area (Å²) in [6, 6.07) is 0.613. The Morgan fingerprint density at radius 2 is 0.971 bits per heavy atom. The maximum absolute atomic E-state index is 6.75. The van der Waals surface area contributed by atoms with Crippen molar-refractivity contribution in [2.24, 2.45) is 21.8 Å². The molecule has 0 bridgehead atoms. The van der Waals surface area contributed by atoms with Crippen LogP contribution in [0.2, 0.25) is 0 Å². The van der Waals surface area contributed by atoms with Crippen LogP contribution in [0.4, 0.5) is 0 Å². The fourth-order valence-electron chi connectivity index (χ4n) is 6.49. The molecule has 0 aromatic heterocycles. The summed E-state index contributed by atoms with van der Waals surface area (Å²) in [7, 11) is 0. The Morgan fingerprint density at radius 1 is 0.647 bits per heavy atom. The van der Waals surface area contributed by atoms with Gasteiger partial charge in [-0.3, -0.25) is 0 Å². The van der Waals surface area contributed by atoms with Crippen molar-refractivity contribution in [1.82, 2.24) is 0 Å². The first-order chi connectivity index (χ1) is 14.9. The van der Waals surface area contributed by atoms with Gasteiger partial charge in [0, 0.05) is 0 Å². The number of nitrogens with zero attached hydrogens (tertiary/aromatic N) is 2. The van der Waals surface area contributed by atoms with Crippen molar-refractivity contribution in [3.63, 3.8) is 0 Å². The molecule has 2 spiro atoms. The van der Waals surface area contributed by atoms with Gasteiger partial charge in [-0.2, -0.15) is 0 Å². The smallest absolute Gasteiger partial charge is 1.00 e. The van der Waals surface area contributed by atoms with E-state index in [1.807, 2.05) is 0 Å². The number of hydrogen-bond donors (Lipinski definition) is 0. The number of hydrogen-bond acceptors (Lipinski definition) is 4. The second kappa shape index (κ2) is 14.4. The minimum absolute atomic E-state index is 0. The van der Waals surface area contributed by atoms with Gasteiger partial charge in [0.25, 0.3) is 0 Å². The van der Waals surface area contributed by atoms with E-state index in [2.05, 4.69) is 27.7 Å². The molecule has 2 fully saturated rings. The van der Waals surface area contributed by atoms with E-state index < -0.39 is 0 Å². The van der Waals surface area contributed by atoms with Crippen LogP contribution in [0.15, 0.2) is 9.98 Å². The minimum atomic E-state index is -0.0629. The van der Waals surface area contributed by atoms with Gasteiger partial charge in [-0.05, 0) is 76.0 Å². The second-order valence-corrected chi connectivity index (χ2v) is 11.7. The molecule has 0 radical (unpaired) electrons. The first-order valence-electron chi connectivity index (χ1n) is 13.4. The molecule has 2 aliphatic heterocycles. The molecule has 4 nitrogen and oxygen atoms in total. The van der Waals surface area contributed by atoms with Crippen LogP contribution in [0.25, 0.3) is 0 Å². The molecule has 0 aromatic carbocycles. The van der Waals surface area contributed by atoms with E-state index in [9.17, 15) is 0 Å². The zero-order valence-electron chi connectivity index (χ0n) is 21.7. The minimum Gasteiger partial charge on any atom is -1.00 e. The average molecular weight is 649 g/mol. The zero-order valence-corrected chi connectivity index (χ0v) is 25.9. The standard InChI is InChI=1S/C27H46N2O2.2BrH.Ni/c1-20(2)17-22-26(13-9-5-6-10-14-26)30-24(28-22)19-25-29-23(18-21(3)4)27(31-25)15-11-7-8-12-16-27;;;/h20-23H,5-19H2,1-4H3;2*1H;/q;;;+2/p-2/t22-,23-;;;/m1.../s1. The van der Waals surface area contributed by atoms with Crippen LogP contribution >= 0.6 is 0 Å². The molecule has 0 aromatic rings. The molecule has 2 aliphatic carbocycles. The maximum Gasteiger partial charge on any atom is 2.00 e. The van der Waals surface area contributed by atoms with Crippen molar-refractivity contribution in [2.45, 2.75) is 147 Å². The molecule has 0 amide bonds. The third kappa shape index (κ3) is 7.70. The molecule has 34 heavy (non-hydrogen) atoms. The van der Waals surface area contributed by atoms with Crippen LogP contribution in [0.3, 0.4) is 0 Å². The summed E-state index contributed by atoms with van der Waals surface area (Å²) in [5.41, 5.74) is -0.126. The predicted octanol–water partition coefficient (Wildman–Crippen LogP) is 1.25. The van der Waals surface area contributed by atoms with Gasteiger partial charge in [0.15, 0.2) is 11.8 Å². The van der Waals surface area contributed by atoms with Crippen molar-refractivity contribution in [3.05, 3.63) is 0 Å². The molecule has 0 saturated heterocycles. The summed E-state index contributed by atoms with van der Waals surface area (Å²) < 4.78 is 13.5. The van der Waals surface area contributed by atoms with Crippen molar-refractivity contribution in [3.8, 4) is 0 Å². The summed E-state index contributed by atoms with van der Waals surface area (Å²) in [6.45, 7) is 9.26. The Kier molecular flexibility index (Phi) is 13.7. The molecular weight excluding hydrogens is 603 g/mol. The average Bonchev–Trinajstić information content (AvgIpc) is 2.97. The molecule has 4 rings (SSSR count). The van der Waals surface area contributed by atoms with Gasteiger partial charge in [-0.1, -0.05) is 53.4 Å². The van der Waals surface area contributed by atoms with E-state index in [1.54, 1.807) is 0 Å². The molecular formula is C27H46Br2N2NiO2. The molecule has 2 atom stereocenters. The Labute approximate surface area is 239 Å². The summed E-state index contributed by atoms with van der Waals surface area (Å²) in [5, 5.41) is 0. The summed E-state index contributed by atoms with van der Waals surface area (Å²) in [4.78, 5) is 10.4. The van der Waals surface area contributed by atoms with Crippen LogP contribution in [-0.4, -0.2) is 35.1 Å². The van der Waals surface area contributed by atoms with Crippen molar-refractivity contribution >= 4 is 11.8 Å². The van der Waals surface area contributed by atoms with Crippen LogP contribution in [0.1, 0.15) is 124 Å².